The second-order valence-corrected chi connectivity index (χ2v) is 10.8. The zero-order valence-corrected chi connectivity index (χ0v) is 21.3. The highest BCUT2D eigenvalue weighted by Gasteiger charge is 2.26. The third kappa shape index (κ3) is 8.57. The van der Waals surface area contributed by atoms with Crippen LogP contribution in [0.15, 0.2) is 42.5 Å². The number of hydrogen-bond donors (Lipinski definition) is 0. The summed E-state index contributed by atoms with van der Waals surface area (Å²) in [5, 5.41) is 0. The van der Waals surface area contributed by atoms with Crippen LogP contribution < -0.4 is 0 Å². The minimum atomic E-state index is 0.784. The molecule has 0 aliphatic heterocycles. The van der Waals surface area contributed by atoms with Gasteiger partial charge in [-0.05, 0) is 66.6 Å². The van der Waals surface area contributed by atoms with E-state index in [2.05, 4.69) is 56.3 Å². The van der Waals surface area contributed by atoms with Crippen LogP contribution in [0.5, 0.6) is 0 Å². The van der Waals surface area contributed by atoms with E-state index in [1.807, 2.05) is 0 Å². The maximum absolute atomic E-state index is 2.55. The van der Waals surface area contributed by atoms with E-state index in [-0.39, 0.29) is 0 Å². The topological polar surface area (TPSA) is 0 Å². The normalized spacial score (nSPS) is 23.3. The van der Waals surface area contributed by atoms with Crippen molar-refractivity contribution in [3.05, 3.63) is 53.6 Å². The van der Waals surface area contributed by atoms with Crippen molar-refractivity contribution in [2.24, 2.45) is 17.8 Å². The standard InChI is InChI=1S/C32H50/c1-3-5-7-8-9-10-11-12-14-28-17-21-30(22-18-28)32-25-23-31(24-26-32)29-19-15-27(16-20-29)13-6-4-2/h15-16,19-20,23-25,28,30,32H,3-14,17-18,21-22,26H2,1-2H3/t28-,30-,32?. The van der Waals surface area contributed by atoms with E-state index >= 15 is 0 Å². The fourth-order valence-electron chi connectivity index (χ4n) is 5.92. The SMILES string of the molecule is CCCCCCCCCC[C@H]1CC[C@H](C2C=CC(c3ccc(CCCC)cc3)=CC2)CC1. The van der Waals surface area contributed by atoms with Gasteiger partial charge in [-0.25, -0.2) is 0 Å². The highest BCUT2D eigenvalue weighted by atomic mass is 14.3. The predicted octanol–water partition coefficient (Wildman–Crippen LogP) is 10.3. The lowest BCUT2D eigenvalue weighted by Crippen LogP contribution is -2.21. The summed E-state index contributed by atoms with van der Waals surface area (Å²) in [6.45, 7) is 4.58. The Morgan fingerprint density at radius 3 is 2.00 bits per heavy atom. The molecule has 0 N–H and O–H groups in total. The molecule has 1 aromatic carbocycles. The van der Waals surface area contributed by atoms with Crippen molar-refractivity contribution in [3.63, 3.8) is 0 Å². The molecule has 0 heteroatoms. The van der Waals surface area contributed by atoms with Crippen LogP contribution in [0.25, 0.3) is 5.57 Å². The maximum Gasteiger partial charge on any atom is -0.0167 e. The second kappa shape index (κ2) is 14.8. The molecule has 1 aromatic rings. The van der Waals surface area contributed by atoms with Crippen LogP contribution in [0, 0.1) is 17.8 Å². The number of allylic oxidation sites excluding steroid dienone is 4. The molecule has 1 atom stereocenters. The van der Waals surface area contributed by atoms with Crippen molar-refractivity contribution in [1.82, 2.24) is 0 Å². The molecule has 0 radical (unpaired) electrons. The highest BCUT2D eigenvalue weighted by molar-refractivity contribution is 5.75. The minimum Gasteiger partial charge on any atom is -0.0802 e. The van der Waals surface area contributed by atoms with E-state index in [0.717, 1.165) is 17.8 Å². The Bertz CT molecular complexity index is 668. The summed E-state index contributed by atoms with van der Waals surface area (Å²) in [7, 11) is 0. The molecule has 0 bridgehead atoms. The van der Waals surface area contributed by atoms with Crippen molar-refractivity contribution in [2.45, 2.75) is 123 Å². The molecule has 1 unspecified atom stereocenters. The van der Waals surface area contributed by atoms with Gasteiger partial charge in [-0.1, -0.05) is 133 Å². The second-order valence-electron chi connectivity index (χ2n) is 10.8. The van der Waals surface area contributed by atoms with Gasteiger partial charge in [0.1, 0.15) is 0 Å². The van der Waals surface area contributed by atoms with Crippen LogP contribution in [0.3, 0.4) is 0 Å². The van der Waals surface area contributed by atoms with E-state index in [9.17, 15) is 0 Å². The smallest absolute Gasteiger partial charge is 0.0167 e. The number of unbranched alkanes of at least 4 members (excludes halogenated alkanes) is 8. The molecule has 0 aromatic heterocycles. The third-order valence-corrected chi connectivity index (χ3v) is 8.20. The molecule has 0 spiro atoms. The lowest BCUT2D eigenvalue weighted by atomic mass is 9.72. The zero-order valence-electron chi connectivity index (χ0n) is 21.3. The summed E-state index contributed by atoms with van der Waals surface area (Å²) in [5.41, 5.74) is 4.32. The minimum absolute atomic E-state index is 0.784. The predicted molar refractivity (Wildman–Crippen MR) is 143 cm³/mol. The number of aryl methyl sites for hydroxylation is 1. The lowest BCUT2D eigenvalue weighted by Gasteiger charge is -2.33. The first-order chi connectivity index (χ1) is 15.8. The summed E-state index contributed by atoms with van der Waals surface area (Å²) in [6.07, 6.45) is 31.5. The van der Waals surface area contributed by atoms with E-state index in [4.69, 9.17) is 0 Å². The molecular formula is C32H50. The molecule has 178 valence electrons. The Labute approximate surface area is 200 Å². The van der Waals surface area contributed by atoms with E-state index in [1.165, 1.54) is 126 Å². The molecule has 2 aliphatic carbocycles. The Hall–Kier alpha value is -1.30. The third-order valence-electron chi connectivity index (χ3n) is 8.20. The highest BCUT2D eigenvalue weighted by Crippen LogP contribution is 2.39. The number of benzene rings is 1. The van der Waals surface area contributed by atoms with Crippen molar-refractivity contribution < 1.29 is 0 Å². The van der Waals surface area contributed by atoms with Crippen LogP contribution in [-0.4, -0.2) is 0 Å². The molecule has 0 saturated heterocycles. The van der Waals surface area contributed by atoms with Gasteiger partial charge in [-0.2, -0.15) is 0 Å². The first-order valence-electron chi connectivity index (χ1n) is 14.3. The Kier molecular flexibility index (Phi) is 11.7. The van der Waals surface area contributed by atoms with Gasteiger partial charge in [0.25, 0.3) is 0 Å². The van der Waals surface area contributed by atoms with Crippen molar-refractivity contribution in [1.29, 1.82) is 0 Å². The average Bonchev–Trinajstić information content (AvgIpc) is 2.85. The van der Waals surface area contributed by atoms with Gasteiger partial charge in [0.2, 0.25) is 0 Å². The van der Waals surface area contributed by atoms with Crippen LogP contribution in [-0.2, 0) is 6.42 Å². The Morgan fingerprint density at radius 2 is 1.38 bits per heavy atom. The van der Waals surface area contributed by atoms with Gasteiger partial charge < -0.3 is 0 Å². The fourth-order valence-corrected chi connectivity index (χ4v) is 5.92. The summed E-state index contributed by atoms with van der Waals surface area (Å²) in [4.78, 5) is 0. The largest absolute Gasteiger partial charge is 0.0802 e. The Balaban J connectivity index is 1.31. The zero-order chi connectivity index (χ0) is 22.4. The van der Waals surface area contributed by atoms with Gasteiger partial charge in [0, 0.05) is 0 Å². The van der Waals surface area contributed by atoms with Crippen molar-refractivity contribution in [3.8, 4) is 0 Å². The van der Waals surface area contributed by atoms with Crippen LogP contribution in [0.4, 0.5) is 0 Å². The molecule has 2 aliphatic rings. The first-order valence-corrected chi connectivity index (χ1v) is 14.3. The summed E-state index contributed by atoms with van der Waals surface area (Å²) in [6, 6.07) is 9.33. The Morgan fingerprint density at radius 1 is 0.719 bits per heavy atom. The van der Waals surface area contributed by atoms with Crippen LogP contribution >= 0.6 is 0 Å². The monoisotopic (exact) mass is 434 g/mol. The molecular weight excluding hydrogens is 384 g/mol. The van der Waals surface area contributed by atoms with Crippen molar-refractivity contribution >= 4 is 5.57 Å². The van der Waals surface area contributed by atoms with E-state index in [0.29, 0.717) is 0 Å². The van der Waals surface area contributed by atoms with Crippen molar-refractivity contribution in [2.75, 3.05) is 0 Å². The molecule has 0 nitrogen and oxygen atoms in total. The van der Waals surface area contributed by atoms with Crippen LogP contribution in [0.2, 0.25) is 0 Å². The van der Waals surface area contributed by atoms with E-state index in [1.54, 1.807) is 0 Å². The molecule has 0 amide bonds. The van der Waals surface area contributed by atoms with Gasteiger partial charge >= 0.3 is 0 Å². The molecule has 1 saturated carbocycles. The summed E-state index contributed by atoms with van der Waals surface area (Å²) < 4.78 is 0. The molecule has 1 fully saturated rings. The summed E-state index contributed by atoms with van der Waals surface area (Å²) in [5.74, 6) is 2.73. The van der Waals surface area contributed by atoms with Crippen LogP contribution in [0.1, 0.15) is 128 Å². The fraction of sp³-hybridized carbons (Fsp3) is 0.688. The lowest BCUT2D eigenvalue weighted by molar-refractivity contribution is 0.218. The van der Waals surface area contributed by atoms with Gasteiger partial charge in [-0.3, -0.25) is 0 Å². The maximum atomic E-state index is 2.55. The van der Waals surface area contributed by atoms with E-state index < -0.39 is 0 Å². The summed E-state index contributed by atoms with van der Waals surface area (Å²) >= 11 is 0. The first kappa shape index (κ1) is 25.3. The average molecular weight is 435 g/mol. The molecule has 3 rings (SSSR count). The quantitative estimate of drug-likeness (QED) is 0.255. The number of hydrogen-bond acceptors (Lipinski definition) is 0. The molecule has 0 heterocycles. The van der Waals surface area contributed by atoms with Gasteiger partial charge in [-0.15, -0.1) is 0 Å². The number of rotatable bonds is 14. The van der Waals surface area contributed by atoms with Gasteiger partial charge in [0.15, 0.2) is 0 Å². The van der Waals surface area contributed by atoms with Gasteiger partial charge in [0.05, 0.1) is 0 Å². The molecule has 32 heavy (non-hydrogen) atoms.